The number of aromatic amines is 1. The Morgan fingerprint density at radius 1 is 1.00 bits per heavy atom. The van der Waals surface area contributed by atoms with E-state index in [1.165, 1.54) is 17.4 Å². The van der Waals surface area contributed by atoms with Gasteiger partial charge in [0, 0.05) is 11.6 Å². The maximum atomic E-state index is 12.4. The normalized spacial score (nSPS) is 12.5. The lowest BCUT2D eigenvalue weighted by atomic mass is 10.1. The second-order valence-electron chi connectivity index (χ2n) is 6.27. The highest BCUT2D eigenvalue weighted by Gasteiger charge is 2.04. The van der Waals surface area contributed by atoms with E-state index in [2.05, 4.69) is 11.1 Å². The molecule has 0 bridgehead atoms. The van der Waals surface area contributed by atoms with Crippen molar-refractivity contribution in [2.24, 2.45) is 0 Å². The average Bonchev–Trinajstić information content (AvgIpc) is 3.06. The van der Waals surface area contributed by atoms with Gasteiger partial charge in [-0.05, 0) is 52.7 Å². The quantitative estimate of drug-likeness (QED) is 0.548. The number of thiazole rings is 1. The SMILES string of the molecule is COc1ccc(C(=O)C=c2[nH]c(=O)c(=Cc3ccc4ccccc4c3)s2)cc1. The van der Waals surface area contributed by atoms with Crippen molar-refractivity contribution >= 4 is 40.0 Å². The Morgan fingerprint density at radius 3 is 2.50 bits per heavy atom. The molecule has 28 heavy (non-hydrogen) atoms. The van der Waals surface area contributed by atoms with Gasteiger partial charge in [-0.1, -0.05) is 36.4 Å². The molecule has 0 atom stereocenters. The van der Waals surface area contributed by atoms with Crippen LogP contribution in [0.25, 0.3) is 22.9 Å². The van der Waals surface area contributed by atoms with Crippen LogP contribution in [0.2, 0.25) is 0 Å². The second kappa shape index (κ2) is 7.66. The molecule has 0 amide bonds. The Balaban J connectivity index is 1.68. The van der Waals surface area contributed by atoms with E-state index in [9.17, 15) is 9.59 Å². The first-order valence-electron chi connectivity index (χ1n) is 8.72. The van der Waals surface area contributed by atoms with E-state index in [0.29, 0.717) is 20.5 Å². The Morgan fingerprint density at radius 2 is 1.75 bits per heavy atom. The third kappa shape index (κ3) is 3.80. The number of aromatic nitrogens is 1. The molecular formula is C23H17NO3S. The number of carbonyl (C=O) groups excluding carboxylic acids is 1. The number of methoxy groups -OCH3 is 1. The number of carbonyl (C=O) groups is 1. The number of nitrogens with one attached hydrogen (secondary N) is 1. The number of Topliss-reactive ketones (excluding diaryl/α,β-unsaturated/α-hetero) is 1. The lowest BCUT2D eigenvalue weighted by Gasteiger charge is -1.99. The second-order valence-corrected chi connectivity index (χ2v) is 7.36. The van der Waals surface area contributed by atoms with E-state index < -0.39 is 0 Å². The van der Waals surface area contributed by atoms with Gasteiger partial charge in [-0.25, -0.2) is 0 Å². The lowest BCUT2D eigenvalue weighted by molar-refractivity contribution is 0.106. The van der Waals surface area contributed by atoms with Crippen molar-refractivity contribution < 1.29 is 9.53 Å². The van der Waals surface area contributed by atoms with Gasteiger partial charge in [-0.15, -0.1) is 11.3 Å². The Bertz CT molecular complexity index is 1330. The van der Waals surface area contributed by atoms with Gasteiger partial charge in [0.1, 0.15) is 5.75 Å². The number of fused-ring (bicyclic) bond motifs is 1. The van der Waals surface area contributed by atoms with E-state index in [1.807, 2.05) is 42.5 Å². The minimum Gasteiger partial charge on any atom is -0.497 e. The summed E-state index contributed by atoms with van der Waals surface area (Å²) in [4.78, 5) is 27.5. The molecule has 4 rings (SSSR count). The monoisotopic (exact) mass is 387 g/mol. The van der Waals surface area contributed by atoms with Gasteiger partial charge in [0.15, 0.2) is 5.78 Å². The van der Waals surface area contributed by atoms with Crippen molar-refractivity contribution in [3.8, 4) is 5.75 Å². The molecule has 138 valence electrons. The van der Waals surface area contributed by atoms with Crippen molar-refractivity contribution in [1.29, 1.82) is 0 Å². The van der Waals surface area contributed by atoms with Crippen LogP contribution in [0.3, 0.4) is 0 Å². The van der Waals surface area contributed by atoms with Crippen LogP contribution in [0.4, 0.5) is 0 Å². The fraction of sp³-hybridized carbons (Fsp3) is 0.0435. The lowest BCUT2D eigenvalue weighted by Crippen LogP contribution is -2.20. The summed E-state index contributed by atoms with van der Waals surface area (Å²) in [6.07, 6.45) is 3.29. The highest BCUT2D eigenvalue weighted by atomic mass is 32.1. The molecule has 0 saturated heterocycles. The molecule has 1 aromatic heterocycles. The van der Waals surface area contributed by atoms with E-state index >= 15 is 0 Å². The highest BCUT2D eigenvalue weighted by molar-refractivity contribution is 7.07. The molecule has 0 aliphatic heterocycles. The Kier molecular flexibility index (Phi) is 4.91. The van der Waals surface area contributed by atoms with Gasteiger partial charge in [-0.3, -0.25) is 9.59 Å². The van der Waals surface area contributed by atoms with Crippen LogP contribution >= 0.6 is 11.3 Å². The Labute approximate surface area is 165 Å². The van der Waals surface area contributed by atoms with E-state index in [0.717, 1.165) is 16.3 Å². The van der Waals surface area contributed by atoms with Crippen LogP contribution in [0.1, 0.15) is 15.9 Å². The third-order valence-corrected chi connectivity index (χ3v) is 5.35. The molecule has 4 aromatic rings. The number of rotatable bonds is 4. The summed E-state index contributed by atoms with van der Waals surface area (Å²) in [5, 5.41) is 2.27. The van der Waals surface area contributed by atoms with Gasteiger partial charge in [0.05, 0.1) is 16.3 Å². The summed E-state index contributed by atoms with van der Waals surface area (Å²) in [6, 6.07) is 21.0. The zero-order valence-corrected chi connectivity index (χ0v) is 16.0. The van der Waals surface area contributed by atoms with Crippen LogP contribution in [0, 0.1) is 0 Å². The standard InChI is InChI=1S/C23H17NO3S/c1-27-19-10-8-17(9-11-19)20(25)14-22-24-23(26)21(28-22)13-15-6-7-16-4-2-3-5-18(16)12-15/h2-14H,1H3,(H,24,26). The van der Waals surface area contributed by atoms with Gasteiger partial charge in [-0.2, -0.15) is 0 Å². The zero-order valence-electron chi connectivity index (χ0n) is 15.1. The van der Waals surface area contributed by atoms with Crippen LogP contribution < -0.4 is 19.5 Å². The molecule has 0 radical (unpaired) electrons. The first kappa shape index (κ1) is 17.9. The molecule has 0 fully saturated rings. The molecule has 3 aromatic carbocycles. The summed E-state index contributed by atoms with van der Waals surface area (Å²) in [5.41, 5.74) is 1.28. The smallest absolute Gasteiger partial charge is 0.266 e. The summed E-state index contributed by atoms with van der Waals surface area (Å²) in [6.45, 7) is 0. The molecule has 5 heteroatoms. The zero-order chi connectivity index (χ0) is 19.5. The largest absolute Gasteiger partial charge is 0.497 e. The fourth-order valence-electron chi connectivity index (χ4n) is 2.93. The first-order chi connectivity index (χ1) is 13.6. The maximum absolute atomic E-state index is 12.4. The minimum absolute atomic E-state index is 0.169. The molecule has 0 unspecified atom stereocenters. The number of hydrogen-bond acceptors (Lipinski definition) is 4. The van der Waals surface area contributed by atoms with Crippen LogP contribution in [0.15, 0.2) is 71.5 Å². The van der Waals surface area contributed by atoms with Crippen molar-refractivity contribution in [1.82, 2.24) is 4.98 Å². The molecule has 4 nitrogen and oxygen atoms in total. The Hall–Kier alpha value is -3.44. The number of ketones is 1. The average molecular weight is 387 g/mol. The van der Waals surface area contributed by atoms with E-state index in [-0.39, 0.29) is 11.3 Å². The minimum atomic E-state index is -0.202. The fourth-order valence-corrected chi connectivity index (χ4v) is 3.82. The molecular weight excluding hydrogens is 370 g/mol. The molecule has 0 aliphatic rings. The van der Waals surface area contributed by atoms with Crippen LogP contribution in [-0.2, 0) is 0 Å². The van der Waals surface area contributed by atoms with Gasteiger partial charge in [0.25, 0.3) is 5.56 Å². The number of ether oxygens (including phenoxy) is 1. The van der Waals surface area contributed by atoms with Crippen molar-refractivity contribution in [3.63, 3.8) is 0 Å². The van der Waals surface area contributed by atoms with E-state index in [4.69, 9.17) is 4.74 Å². The predicted octanol–water partition coefficient (Wildman–Crippen LogP) is 3.09. The van der Waals surface area contributed by atoms with Crippen molar-refractivity contribution in [3.05, 3.63) is 97.4 Å². The summed E-state index contributed by atoms with van der Waals surface area (Å²) >= 11 is 1.27. The van der Waals surface area contributed by atoms with Gasteiger partial charge in [0.2, 0.25) is 0 Å². The maximum Gasteiger partial charge on any atom is 0.266 e. The van der Waals surface area contributed by atoms with Crippen LogP contribution in [-0.4, -0.2) is 17.9 Å². The van der Waals surface area contributed by atoms with Crippen molar-refractivity contribution in [2.45, 2.75) is 0 Å². The molecule has 0 aliphatic carbocycles. The van der Waals surface area contributed by atoms with Crippen molar-refractivity contribution in [2.75, 3.05) is 7.11 Å². The van der Waals surface area contributed by atoms with E-state index in [1.54, 1.807) is 31.4 Å². The number of H-pyrrole nitrogens is 1. The molecule has 1 heterocycles. The van der Waals surface area contributed by atoms with Gasteiger partial charge < -0.3 is 9.72 Å². The van der Waals surface area contributed by atoms with Gasteiger partial charge >= 0.3 is 0 Å². The summed E-state index contributed by atoms with van der Waals surface area (Å²) in [7, 11) is 1.58. The summed E-state index contributed by atoms with van der Waals surface area (Å²) in [5.74, 6) is 0.519. The predicted molar refractivity (Wildman–Crippen MR) is 113 cm³/mol. The van der Waals surface area contributed by atoms with Crippen LogP contribution in [0.5, 0.6) is 5.75 Å². The highest BCUT2D eigenvalue weighted by Crippen LogP contribution is 2.16. The third-order valence-electron chi connectivity index (χ3n) is 4.39. The number of benzene rings is 3. The first-order valence-corrected chi connectivity index (χ1v) is 9.54. The molecule has 1 N–H and O–H groups in total. The topological polar surface area (TPSA) is 59.2 Å². The summed E-state index contributed by atoms with van der Waals surface area (Å²) < 4.78 is 6.18. The number of hydrogen-bond donors (Lipinski definition) is 1. The molecule has 0 saturated carbocycles. The molecule has 0 spiro atoms.